The van der Waals surface area contributed by atoms with Crippen molar-refractivity contribution in [3.05, 3.63) is 64.7 Å². The molecule has 0 atom stereocenters. The van der Waals surface area contributed by atoms with E-state index < -0.39 is 0 Å². The molecular weight excluding hydrogens is 294 g/mol. The summed E-state index contributed by atoms with van der Waals surface area (Å²) in [4.78, 5) is 16.6. The maximum atomic E-state index is 12.2. The Balaban J connectivity index is 2.17. The van der Waals surface area contributed by atoms with Crippen molar-refractivity contribution in [3.63, 3.8) is 0 Å². The third-order valence-electron chi connectivity index (χ3n) is 2.68. The number of halogens is 1. The lowest BCUT2D eigenvalue weighted by Gasteiger charge is -2.04. The number of hydrogen-bond acceptors (Lipinski definition) is 3. The molecular formula is C14H8BrNO2. The van der Waals surface area contributed by atoms with Gasteiger partial charge in [0.1, 0.15) is 12.0 Å². The van der Waals surface area contributed by atoms with Crippen molar-refractivity contribution < 1.29 is 9.21 Å². The molecule has 0 aliphatic carbocycles. The standard InChI is InChI=1S/C14H8BrNO2/c15-11-7-9-3-1-2-4-12(9)16-13(11)14(17)10-5-6-18-8-10/h1-8H. The molecule has 0 unspecified atom stereocenters. The Morgan fingerprint density at radius 1 is 1.22 bits per heavy atom. The second-order valence-corrected chi connectivity index (χ2v) is 4.71. The largest absolute Gasteiger partial charge is 0.472 e. The molecule has 0 amide bonds. The van der Waals surface area contributed by atoms with Crippen LogP contribution in [0.15, 0.2) is 57.8 Å². The average molecular weight is 302 g/mol. The molecule has 1 aromatic carbocycles. The minimum Gasteiger partial charge on any atom is -0.472 e. The van der Waals surface area contributed by atoms with Crippen LogP contribution < -0.4 is 0 Å². The number of carbonyl (C=O) groups is 1. The number of rotatable bonds is 2. The van der Waals surface area contributed by atoms with Crippen molar-refractivity contribution in [2.75, 3.05) is 0 Å². The van der Waals surface area contributed by atoms with Gasteiger partial charge in [-0.2, -0.15) is 0 Å². The number of aromatic nitrogens is 1. The molecule has 0 bridgehead atoms. The van der Waals surface area contributed by atoms with E-state index in [1.165, 1.54) is 12.5 Å². The molecule has 0 radical (unpaired) electrons. The van der Waals surface area contributed by atoms with Crippen molar-refractivity contribution in [1.29, 1.82) is 0 Å². The van der Waals surface area contributed by atoms with Crippen LogP contribution in [0.25, 0.3) is 10.9 Å². The number of carbonyl (C=O) groups excluding carboxylic acids is 1. The fourth-order valence-corrected chi connectivity index (χ4v) is 2.30. The molecule has 3 aromatic rings. The SMILES string of the molecule is O=C(c1ccoc1)c1nc2ccccc2cc1Br. The average Bonchev–Trinajstić information content (AvgIpc) is 2.91. The minimum absolute atomic E-state index is 0.152. The Labute approximate surface area is 112 Å². The van der Waals surface area contributed by atoms with Crippen LogP contribution in [0.1, 0.15) is 16.1 Å². The number of pyridine rings is 1. The Morgan fingerprint density at radius 3 is 2.83 bits per heavy atom. The Bertz CT molecular complexity index is 720. The highest BCUT2D eigenvalue weighted by atomic mass is 79.9. The lowest BCUT2D eigenvalue weighted by Crippen LogP contribution is -2.04. The number of furan rings is 1. The van der Waals surface area contributed by atoms with Gasteiger partial charge in [0.05, 0.1) is 17.3 Å². The first-order valence-corrected chi connectivity index (χ1v) is 6.17. The molecule has 0 N–H and O–H groups in total. The first-order chi connectivity index (χ1) is 8.75. The predicted molar refractivity (Wildman–Crippen MR) is 71.6 cm³/mol. The zero-order valence-corrected chi connectivity index (χ0v) is 10.8. The van der Waals surface area contributed by atoms with Crippen LogP contribution in [0.5, 0.6) is 0 Å². The molecule has 0 aliphatic heterocycles. The maximum Gasteiger partial charge on any atom is 0.215 e. The van der Waals surface area contributed by atoms with E-state index in [4.69, 9.17) is 4.42 Å². The maximum absolute atomic E-state index is 12.2. The Kier molecular flexibility index (Phi) is 2.72. The van der Waals surface area contributed by atoms with Gasteiger partial charge in [-0.1, -0.05) is 18.2 Å². The quantitative estimate of drug-likeness (QED) is 0.676. The first-order valence-electron chi connectivity index (χ1n) is 5.38. The number of nitrogens with zero attached hydrogens (tertiary/aromatic N) is 1. The fraction of sp³-hybridized carbons (Fsp3) is 0. The van der Waals surface area contributed by atoms with E-state index in [1.807, 2.05) is 30.3 Å². The topological polar surface area (TPSA) is 43.1 Å². The highest BCUT2D eigenvalue weighted by molar-refractivity contribution is 9.10. The summed E-state index contributed by atoms with van der Waals surface area (Å²) in [5, 5.41) is 0.994. The van der Waals surface area contributed by atoms with Gasteiger partial charge in [0.15, 0.2) is 0 Å². The summed E-state index contributed by atoms with van der Waals surface area (Å²) < 4.78 is 5.61. The highest BCUT2D eigenvalue weighted by Crippen LogP contribution is 2.23. The lowest BCUT2D eigenvalue weighted by atomic mass is 10.1. The van der Waals surface area contributed by atoms with Gasteiger partial charge in [-0.25, -0.2) is 4.98 Å². The van der Waals surface area contributed by atoms with Crippen LogP contribution in [-0.2, 0) is 0 Å². The van der Waals surface area contributed by atoms with E-state index >= 15 is 0 Å². The van der Waals surface area contributed by atoms with E-state index in [-0.39, 0.29) is 5.78 Å². The molecule has 0 spiro atoms. The minimum atomic E-state index is -0.152. The van der Waals surface area contributed by atoms with Crippen LogP contribution in [0.3, 0.4) is 0 Å². The van der Waals surface area contributed by atoms with E-state index in [1.54, 1.807) is 6.07 Å². The van der Waals surface area contributed by atoms with Crippen LogP contribution in [-0.4, -0.2) is 10.8 Å². The smallest absolute Gasteiger partial charge is 0.215 e. The van der Waals surface area contributed by atoms with Gasteiger partial charge in [0.25, 0.3) is 0 Å². The van der Waals surface area contributed by atoms with E-state index in [9.17, 15) is 4.79 Å². The van der Waals surface area contributed by atoms with Gasteiger partial charge < -0.3 is 4.42 Å². The number of benzene rings is 1. The lowest BCUT2D eigenvalue weighted by molar-refractivity contribution is 0.103. The summed E-state index contributed by atoms with van der Waals surface area (Å²) in [7, 11) is 0. The molecule has 0 fully saturated rings. The summed E-state index contributed by atoms with van der Waals surface area (Å²) in [6.07, 6.45) is 2.90. The monoisotopic (exact) mass is 301 g/mol. The number of para-hydroxylation sites is 1. The molecule has 0 saturated carbocycles. The highest BCUT2D eigenvalue weighted by Gasteiger charge is 2.16. The normalized spacial score (nSPS) is 10.7. The third-order valence-corrected chi connectivity index (χ3v) is 3.28. The van der Waals surface area contributed by atoms with Gasteiger partial charge in [-0.05, 0) is 34.1 Å². The number of hydrogen-bond donors (Lipinski definition) is 0. The van der Waals surface area contributed by atoms with Crippen molar-refractivity contribution in [2.45, 2.75) is 0 Å². The van der Waals surface area contributed by atoms with Crippen molar-refractivity contribution in [1.82, 2.24) is 4.98 Å². The van der Waals surface area contributed by atoms with Gasteiger partial charge in [0, 0.05) is 9.86 Å². The summed E-state index contributed by atoms with van der Waals surface area (Å²) in [5.74, 6) is -0.152. The van der Waals surface area contributed by atoms with E-state index in [0.29, 0.717) is 15.7 Å². The second-order valence-electron chi connectivity index (χ2n) is 3.85. The van der Waals surface area contributed by atoms with Gasteiger partial charge in [-0.15, -0.1) is 0 Å². The van der Waals surface area contributed by atoms with Gasteiger partial charge in [0.2, 0.25) is 5.78 Å². The van der Waals surface area contributed by atoms with Crippen LogP contribution in [0.2, 0.25) is 0 Å². The molecule has 88 valence electrons. The van der Waals surface area contributed by atoms with E-state index in [0.717, 1.165) is 10.9 Å². The predicted octanol–water partition coefficient (Wildman–Crippen LogP) is 3.82. The van der Waals surface area contributed by atoms with Gasteiger partial charge >= 0.3 is 0 Å². The zero-order chi connectivity index (χ0) is 12.5. The third kappa shape index (κ3) is 1.84. The fourth-order valence-electron chi connectivity index (χ4n) is 1.78. The van der Waals surface area contributed by atoms with Crippen molar-refractivity contribution in [2.24, 2.45) is 0 Å². The van der Waals surface area contributed by atoms with E-state index in [2.05, 4.69) is 20.9 Å². The summed E-state index contributed by atoms with van der Waals surface area (Å²) >= 11 is 3.39. The second kappa shape index (κ2) is 4.38. The molecule has 0 aliphatic rings. The molecule has 3 rings (SSSR count). The molecule has 18 heavy (non-hydrogen) atoms. The van der Waals surface area contributed by atoms with Crippen LogP contribution in [0.4, 0.5) is 0 Å². The summed E-state index contributed by atoms with van der Waals surface area (Å²) in [6.45, 7) is 0. The molecule has 4 heteroatoms. The van der Waals surface area contributed by atoms with Crippen molar-refractivity contribution >= 4 is 32.6 Å². The van der Waals surface area contributed by atoms with Gasteiger partial charge in [-0.3, -0.25) is 4.79 Å². The molecule has 2 aromatic heterocycles. The summed E-state index contributed by atoms with van der Waals surface area (Å²) in [6, 6.07) is 11.2. The first kappa shape index (κ1) is 11.2. The zero-order valence-electron chi connectivity index (χ0n) is 9.26. The molecule has 2 heterocycles. The molecule has 3 nitrogen and oxygen atoms in total. The summed E-state index contributed by atoms with van der Waals surface area (Å²) in [5.41, 5.74) is 1.70. The van der Waals surface area contributed by atoms with Crippen LogP contribution >= 0.6 is 15.9 Å². The van der Waals surface area contributed by atoms with Crippen LogP contribution in [0, 0.1) is 0 Å². The molecule has 0 saturated heterocycles. The van der Waals surface area contributed by atoms with Crippen molar-refractivity contribution in [3.8, 4) is 0 Å². The Hall–Kier alpha value is -1.94. The number of fused-ring (bicyclic) bond motifs is 1. The number of ketones is 1. The Morgan fingerprint density at radius 2 is 2.06 bits per heavy atom.